The van der Waals surface area contributed by atoms with Crippen LogP contribution < -0.4 is 4.74 Å². The topological polar surface area (TPSA) is 63.0 Å². The molecule has 0 radical (unpaired) electrons. The average molecular weight is 336 g/mol. The highest BCUT2D eigenvalue weighted by Crippen LogP contribution is 2.28. The van der Waals surface area contributed by atoms with Crippen molar-refractivity contribution in [1.82, 2.24) is 4.98 Å². The first-order chi connectivity index (χ1) is 11.7. The van der Waals surface area contributed by atoms with Gasteiger partial charge in [-0.05, 0) is 36.2 Å². The molecule has 3 aromatic rings. The molecule has 0 spiro atoms. The summed E-state index contributed by atoms with van der Waals surface area (Å²) >= 11 is 1.37. The van der Waals surface area contributed by atoms with Crippen LogP contribution in [0.1, 0.15) is 23.4 Å². The standard InChI is InChI=1S/C19H16N2O2S/c1-2-13-7-9-14(10-8-13)23-12-17(22)15(11-20)19-21-16-5-3-4-6-18(16)24-19/h3-10,15H,2,12H2,1H3/t15-/m1/s1. The SMILES string of the molecule is CCc1ccc(OCC(=O)[C@@H](C#N)c2nc3ccccc3s2)cc1. The largest absolute Gasteiger partial charge is 0.486 e. The molecule has 0 aliphatic carbocycles. The first-order valence-corrected chi connectivity index (χ1v) is 8.52. The Hall–Kier alpha value is -2.71. The third-order valence-corrected chi connectivity index (χ3v) is 4.82. The molecule has 3 rings (SSSR count). The number of nitrogens with zero attached hydrogens (tertiary/aromatic N) is 2. The molecule has 0 saturated carbocycles. The predicted octanol–water partition coefficient (Wildman–Crippen LogP) is 4.11. The van der Waals surface area contributed by atoms with Gasteiger partial charge in [-0.3, -0.25) is 4.79 Å². The molecular formula is C19H16N2O2S. The number of carbonyl (C=O) groups is 1. The van der Waals surface area contributed by atoms with Crippen LogP contribution in [0.4, 0.5) is 0 Å². The molecule has 120 valence electrons. The molecule has 24 heavy (non-hydrogen) atoms. The molecular weight excluding hydrogens is 320 g/mol. The second-order valence-electron chi connectivity index (χ2n) is 5.33. The maximum atomic E-state index is 12.4. The first kappa shape index (κ1) is 16.2. The van der Waals surface area contributed by atoms with Crippen molar-refractivity contribution < 1.29 is 9.53 Å². The third-order valence-electron chi connectivity index (χ3n) is 3.72. The van der Waals surface area contributed by atoms with E-state index in [0.29, 0.717) is 10.8 Å². The minimum Gasteiger partial charge on any atom is -0.486 e. The fraction of sp³-hybridized carbons (Fsp3) is 0.211. The summed E-state index contributed by atoms with van der Waals surface area (Å²) in [6, 6.07) is 17.3. The summed E-state index contributed by atoms with van der Waals surface area (Å²) in [5.41, 5.74) is 2.01. The second kappa shape index (κ2) is 7.24. The number of benzene rings is 2. The zero-order valence-corrected chi connectivity index (χ0v) is 14.0. The monoisotopic (exact) mass is 336 g/mol. The van der Waals surface area contributed by atoms with Gasteiger partial charge in [-0.2, -0.15) is 5.26 Å². The number of thiazole rings is 1. The summed E-state index contributed by atoms with van der Waals surface area (Å²) in [6.07, 6.45) is 0.952. The molecule has 0 unspecified atom stereocenters. The van der Waals surface area contributed by atoms with Gasteiger partial charge in [-0.1, -0.05) is 31.2 Å². The Morgan fingerprint density at radius 2 is 2.00 bits per heavy atom. The van der Waals surface area contributed by atoms with Crippen molar-refractivity contribution in [3.8, 4) is 11.8 Å². The number of nitriles is 1. The summed E-state index contributed by atoms with van der Waals surface area (Å²) in [5, 5.41) is 9.90. The number of fused-ring (bicyclic) bond motifs is 1. The van der Waals surface area contributed by atoms with Gasteiger partial charge in [0, 0.05) is 0 Å². The number of carbonyl (C=O) groups excluding carboxylic acids is 1. The van der Waals surface area contributed by atoms with Crippen LogP contribution in [0.5, 0.6) is 5.75 Å². The fourth-order valence-electron chi connectivity index (χ4n) is 2.34. The molecule has 2 aromatic carbocycles. The lowest BCUT2D eigenvalue weighted by Crippen LogP contribution is -2.18. The van der Waals surface area contributed by atoms with Crippen LogP contribution >= 0.6 is 11.3 Å². The van der Waals surface area contributed by atoms with Crippen LogP contribution in [-0.4, -0.2) is 17.4 Å². The maximum Gasteiger partial charge on any atom is 0.194 e. The quantitative estimate of drug-likeness (QED) is 0.679. The maximum absolute atomic E-state index is 12.4. The third kappa shape index (κ3) is 3.44. The normalized spacial score (nSPS) is 11.8. The van der Waals surface area contributed by atoms with Crippen LogP contribution in [0, 0.1) is 11.3 Å². The van der Waals surface area contributed by atoms with E-state index in [1.807, 2.05) is 48.5 Å². The summed E-state index contributed by atoms with van der Waals surface area (Å²) < 4.78 is 6.49. The smallest absolute Gasteiger partial charge is 0.194 e. The molecule has 1 heterocycles. The molecule has 0 bridgehead atoms. The molecule has 0 aliphatic rings. The molecule has 0 fully saturated rings. The van der Waals surface area contributed by atoms with Crippen molar-refractivity contribution in [1.29, 1.82) is 5.26 Å². The molecule has 0 saturated heterocycles. The Morgan fingerprint density at radius 3 is 2.67 bits per heavy atom. The van der Waals surface area contributed by atoms with Crippen LogP contribution in [0.25, 0.3) is 10.2 Å². The first-order valence-electron chi connectivity index (χ1n) is 7.70. The van der Waals surface area contributed by atoms with E-state index in [9.17, 15) is 10.1 Å². The highest BCUT2D eigenvalue weighted by molar-refractivity contribution is 7.18. The minimum atomic E-state index is -0.891. The Morgan fingerprint density at radius 1 is 1.25 bits per heavy atom. The number of aryl methyl sites for hydroxylation is 1. The summed E-state index contributed by atoms with van der Waals surface area (Å²) in [4.78, 5) is 16.8. The van der Waals surface area contributed by atoms with Gasteiger partial charge < -0.3 is 4.74 Å². The Balaban J connectivity index is 1.70. The lowest BCUT2D eigenvalue weighted by atomic mass is 10.1. The van der Waals surface area contributed by atoms with Crippen LogP contribution in [0.2, 0.25) is 0 Å². The van der Waals surface area contributed by atoms with Gasteiger partial charge in [0.15, 0.2) is 11.7 Å². The van der Waals surface area contributed by atoms with E-state index in [4.69, 9.17) is 4.74 Å². The summed E-state index contributed by atoms with van der Waals surface area (Å²) in [5.74, 6) is -0.546. The number of Topliss-reactive ketones (excluding diaryl/α,β-unsaturated/α-hetero) is 1. The molecule has 1 atom stereocenters. The van der Waals surface area contributed by atoms with Gasteiger partial charge >= 0.3 is 0 Å². The van der Waals surface area contributed by atoms with E-state index in [-0.39, 0.29) is 12.4 Å². The van der Waals surface area contributed by atoms with Crippen molar-refractivity contribution in [2.24, 2.45) is 0 Å². The second-order valence-corrected chi connectivity index (χ2v) is 6.40. The molecule has 1 aromatic heterocycles. The van der Waals surface area contributed by atoms with E-state index in [1.165, 1.54) is 16.9 Å². The molecule has 0 N–H and O–H groups in total. The van der Waals surface area contributed by atoms with Gasteiger partial charge in [-0.25, -0.2) is 4.98 Å². The van der Waals surface area contributed by atoms with E-state index in [2.05, 4.69) is 18.0 Å². The lowest BCUT2D eigenvalue weighted by Gasteiger charge is -2.08. The Bertz CT molecular complexity index is 861. The molecule has 0 amide bonds. The van der Waals surface area contributed by atoms with Gasteiger partial charge in [0.1, 0.15) is 17.4 Å². The highest BCUT2D eigenvalue weighted by Gasteiger charge is 2.24. The molecule has 5 heteroatoms. The van der Waals surface area contributed by atoms with Gasteiger partial charge in [0.2, 0.25) is 0 Å². The predicted molar refractivity (Wildman–Crippen MR) is 94.3 cm³/mol. The zero-order chi connectivity index (χ0) is 16.9. The summed E-state index contributed by atoms with van der Waals surface area (Å²) in [6.45, 7) is 1.94. The Labute approximate surface area is 144 Å². The number of ether oxygens (including phenoxy) is 1. The van der Waals surface area contributed by atoms with Crippen molar-refractivity contribution in [2.45, 2.75) is 19.3 Å². The van der Waals surface area contributed by atoms with E-state index < -0.39 is 5.92 Å². The number of hydrogen-bond donors (Lipinski definition) is 0. The van der Waals surface area contributed by atoms with E-state index >= 15 is 0 Å². The lowest BCUT2D eigenvalue weighted by molar-refractivity contribution is -0.121. The fourth-order valence-corrected chi connectivity index (χ4v) is 3.37. The van der Waals surface area contributed by atoms with Crippen molar-refractivity contribution in [3.63, 3.8) is 0 Å². The van der Waals surface area contributed by atoms with E-state index in [1.54, 1.807) is 0 Å². The average Bonchev–Trinajstić information content (AvgIpc) is 3.04. The van der Waals surface area contributed by atoms with Crippen LogP contribution in [-0.2, 0) is 11.2 Å². The van der Waals surface area contributed by atoms with Crippen LogP contribution in [0.15, 0.2) is 48.5 Å². The van der Waals surface area contributed by atoms with Crippen LogP contribution in [0.3, 0.4) is 0 Å². The van der Waals surface area contributed by atoms with E-state index in [0.717, 1.165) is 16.6 Å². The van der Waals surface area contributed by atoms with Crippen molar-refractivity contribution >= 4 is 27.3 Å². The minimum absolute atomic E-state index is 0.139. The van der Waals surface area contributed by atoms with Gasteiger partial charge in [0.25, 0.3) is 0 Å². The van der Waals surface area contributed by atoms with Gasteiger partial charge in [0.05, 0.1) is 16.3 Å². The number of ketones is 1. The van der Waals surface area contributed by atoms with Crippen molar-refractivity contribution in [2.75, 3.05) is 6.61 Å². The summed E-state index contributed by atoms with van der Waals surface area (Å²) in [7, 11) is 0. The van der Waals surface area contributed by atoms with Gasteiger partial charge in [-0.15, -0.1) is 11.3 Å². The highest BCUT2D eigenvalue weighted by atomic mass is 32.1. The van der Waals surface area contributed by atoms with Crippen molar-refractivity contribution in [3.05, 3.63) is 59.1 Å². The molecule has 0 aliphatic heterocycles. The number of para-hydroxylation sites is 1. The zero-order valence-electron chi connectivity index (χ0n) is 13.2. The Kier molecular flexibility index (Phi) is 4.88. The molecule has 4 nitrogen and oxygen atoms in total. The number of aromatic nitrogens is 1. The number of hydrogen-bond acceptors (Lipinski definition) is 5. The number of rotatable bonds is 6.